The van der Waals surface area contributed by atoms with Gasteiger partial charge in [0.1, 0.15) is 0 Å². The van der Waals surface area contributed by atoms with Crippen molar-refractivity contribution in [2.75, 3.05) is 18.4 Å². The minimum atomic E-state index is -0.437. The molecule has 136 valence electrons. The van der Waals surface area contributed by atoms with Gasteiger partial charge in [-0.15, -0.1) is 0 Å². The van der Waals surface area contributed by atoms with Gasteiger partial charge in [0, 0.05) is 36.5 Å². The lowest BCUT2D eigenvalue weighted by atomic mass is 10.0. The summed E-state index contributed by atoms with van der Waals surface area (Å²) in [5, 5.41) is 16.6. The van der Waals surface area contributed by atoms with E-state index in [0.717, 1.165) is 16.8 Å². The van der Waals surface area contributed by atoms with Gasteiger partial charge in [-0.3, -0.25) is 14.9 Å². The number of amides is 1. The summed E-state index contributed by atoms with van der Waals surface area (Å²) >= 11 is 0. The van der Waals surface area contributed by atoms with E-state index >= 15 is 0 Å². The van der Waals surface area contributed by atoms with Crippen molar-refractivity contribution in [1.82, 2.24) is 5.32 Å². The zero-order valence-electron chi connectivity index (χ0n) is 14.6. The highest BCUT2D eigenvalue weighted by Gasteiger charge is 2.06. The first-order valence-corrected chi connectivity index (χ1v) is 8.55. The van der Waals surface area contributed by atoms with E-state index in [1.807, 2.05) is 42.5 Å². The molecule has 0 saturated heterocycles. The van der Waals surface area contributed by atoms with E-state index in [9.17, 15) is 14.9 Å². The van der Waals surface area contributed by atoms with Crippen LogP contribution in [0, 0.1) is 10.1 Å². The maximum Gasteiger partial charge on any atom is 0.269 e. The van der Waals surface area contributed by atoms with Crippen molar-refractivity contribution in [3.05, 3.63) is 94.5 Å². The van der Waals surface area contributed by atoms with Crippen LogP contribution in [-0.4, -0.2) is 23.9 Å². The van der Waals surface area contributed by atoms with Crippen molar-refractivity contribution in [2.45, 2.75) is 0 Å². The zero-order chi connectivity index (χ0) is 19.1. The van der Waals surface area contributed by atoms with Gasteiger partial charge < -0.3 is 10.6 Å². The van der Waals surface area contributed by atoms with E-state index in [0.29, 0.717) is 18.7 Å². The van der Waals surface area contributed by atoms with Gasteiger partial charge in [0.15, 0.2) is 0 Å². The number of hydrogen-bond acceptors (Lipinski definition) is 4. The highest BCUT2D eigenvalue weighted by molar-refractivity contribution is 5.94. The van der Waals surface area contributed by atoms with Gasteiger partial charge in [-0.1, -0.05) is 42.5 Å². The second kappa shape index (κ2) is 8.62. The lowest BCUT2D eigenvalue weighted by Crippen LogP contribution is -2.28. The average molecular weight is 361 g/mol. The number of non-ortho nitro benzene ring substituents is 1. The molecule has 0 aromatic heterocycles. The fourth-order valence-electron chi connectivity index (χ4n) is 2.63. The first kappa shape index (κ1) is 18.1. The monoisotopic (exact) mass is 361 g/mol. The Morgan fingerprint density at radius 3 is 2.07 bits per heavy atom. The first-order valence-electron chi connectivity index (χ1n) is 8.55. The number of hydrogen-bond donors (Lipinski definition) is 2. The maximum absolute atomic E-state index is 12.2. The van der Waals surface area contributed by atoms with Crippen molar-refractivity contribution in [3.63, 3.8) is 0 Å². The van der Waals surface area contributed by atoms with Crippen LogP contribution >= 0.6 is 0 Å². The summed E-state index contributed by atoms with van der Waals surface area (Å²) in [6, 6.07) is 23.6. The Hall–Kier alpha value is -3.67. The van der Waals surface area contributed by atoms with Crippen LogP contribution in [0.25, 0.3) is 11.1 Å². The van der Waals surface area contributed by atoms with E-state index in [-0.39, 0.29) is 11.6 Å². The van der Waals surface area contributed by atoms with Gasteiger partial charge >= 0.3 is 0 Å². The molecule has 6 heteroatoms. The van der Waals surface area contributed by atoms with Crippen LogP contribution in [-0.2, 0) is 0 Å². The molecule has 0 radical (unpaired) electrons. The number of anilines is 1. The van der Waals surface area contributed by atoms with Gasteiger partial charge in [-0.05, 0) is 35.4 Å². The molecule has 0 aliphatic heterocycles. The summed E-state index contributed by atoms with van der Waals surface area (Å²) < 4.78 is 0. The van der Waals surface area contributed by atoms with Crippen molar-refractivity contribution >= 4 is 17.3 Å². The number of carbonyl (C=O) groups excluding carboxylic acids is 1. The Labute approximate surface area is 157 Å². The molecule has 1 amide bonds. The smallest absolute Gasteiger partial charge is 0.269 e. The quantitative estimate of drug-likeness (QED) is 0.377. The van der Waals surface area contributed by atoms with Crippen molar-refractivity contribution < 1.29 is 9.72 Å². The third kappa shape index (κ3) is 4.92. The molecule has 6 nitrogen and oxygen atoms in total. The maximum atomic E-state index is 12.2. The predicted molar refractivity (Wildman–Crippen MR) is 106 cm³/mol. The highest BCUT2D eigenvalue weighted by Crippen LogP contribution is 2.19. The molecule has 2 N–H and O–H groups in total. The fourth-order valence-corrected chi connectivity index (χ4v) is 2.63. The predicted octanol–water partition coefficient (Wildman–Crippen LogP) is 4.10. The van der Waals surface area contributed by atoms with Gasteiger partial charge in [0.2, 0.25) is 0 Å². The summed E-state index contributed by atoms with van der Waals surface area (Å²) in [6.45, 7) is 0.960. The van der Waals surface area contributed by atoms with Crippen LogP contribution < -0.4 is 10.6 Å². The normalized spacial score (nSPS) is 10.2. The van der Waals surface area contributed by atoms with Crippen LogP contribution in [0.1, 0.15) is 10.4 Å². The zero-order valence-corrected chi connectivity index (χ0v) is 14.6. The molecule has 0 bridgehead atoms. The molecular weight excluding hydrogens is 342 g/mol. The van der Waals surface area contributed by atoms with Gasteiger partial charge in [0.05, 0.1) is 4.92 Å². The molecule has 0 aliphatic carbocycles. The number of nitro groups is 1. The average Bonchev–Trinajstić information content (AvgIpc) is 2.72. The van der Waals surface area contributed by atoms with Gasteiger partial charge in [-0.25, -0.2) is 0 Å². The molecule has 3 aromatic carbocycles. The minimum Gasteiger partial charge on any atom is -0.383 e. The third-order valence-electron chi connectivity index (χ3n) is 4.07. The number of nitrogens with zero attached hydrogens (tertiary/aromatic N) is 1. The molecule has 0 heterocycles. The Morgan fingerprint density at radius 2 is 1.44 bits per heavy atom. The van der Waals surface area contributed by atoms with E-state index in [4.69, 9.17) is 0 Å². The van der Waals surface area contributed by atoms with Crippen LogP contribution in [0.2, 0.25) is 0 Å². The summed E-state index contributed by atoms with van der Waals surface area (Å²) in [4.78, 5) is 22.4. The summed E-state index contributed by atoms with van der Waals surface area (Å²) in [5.41, 5.74) is 3.59. The fraction of sp³-hybridized carbons (Fsp3) is 0.0952. The summed E-state index contributed by atoms with van der Waals surface area (Å²) in [6.07, 6.45) is 0. The molecule has 0 aliphatic rings. The molecule has 0 fully saturated rings. The molecule has 0 saturated carbocycles. The molecule has 3 aromatic rings. The molecule has 0 unspecified atom stereocenters. The number of nitro benzene ring substituents is 1. The minimum absolute atomic E-state index is 0.0489. The molecule has 3 rings (SSSR count). The lowest BCUT2D eigenvalue weighted by molar-refractivity contribution is -0.384. The van der Waals surface area contributed by atoms with Crippen molar-refractivity contribution in [1.29, 1.82) is 0 Å². The second-order valence-corrected chi connectivity index (χ2v) is 5.93. The van der Waals surface area contributed by atoms with Gasteiger partial charge in [0.25, 0.3) is 11.6 Å². The number of nitrogens with one attached hydrogen (secondary N) is 2. The number of benzene rings is 3. The SMILES string of the molecule is O=C(NCCNc1ccc([N+](=O)[O-])cc1)c1ccc(-c2ccccc2)cc1. The molecule has 27 heavy (non-hydrogen) atoms. The Morgan fingerprint density at radius 1 is 0.815 bits per heavy atom. The van der Waals surface area contributed by atoms with Crippen molar-refractivity contribution in [3.8, 4) is 11.1 Å². The number of rotatable bonds is 7. The van der Waals surface area contributed by atoms with Crippen LogP contribution in [0.15, 0.2) is 78.9 Å². The second-order valence-electron chi connectivity index (χ2n) is 5.93. The van der Waals surface area contributed by atoms with Gasteiger partial charge in [-0.2, -0.15) is 0 Å². The third-order valence-corrected chi connectivity index (χ3v) is 4.07. The Balaban J connectivity index is 1.47. The van der Waals surface area contributed by atoms with E-state index in [1.54, 1.807) is 24.3 Å². The van der Waals surface area contributed by atoms with Crippen LogP contribution in [0.3, 0.4) is 0 Å². The number of carbonyl (C=O) groups is 1. The summed E-state index contributed by atoms with van der Waals surface area (Å²) in [7, 11) is 0. The van der Waals surface area contributed by atoms with E-state index in [2.05, 4.69) is 10.6 Å². The largest absolute Gasteiger partial charge is 0.383 e. The van der Waals surface area contributed by atoms with Crippen LogP contribution in [0.5, 0.6) is 0 Å². The topological polar surface area (TPSA) is 84.3 Å². The van der Waals surface area contributed by atoms with E-state index < -0.39 is 4.92 Å². The standard InChI is InChI=1S/C21H19N3O3/c25-21(18-8-6-17(7-9-18)16-4-2-1-3-5-16)23-15-14-22-19-10-12-20(13-11-19)24(26)27/h1-13,22H,14-15H2,(H,23,25). The van der Waals surface area contributed by atoms with Crippen molar-refractivity contribution in [2.24, 2.45) is 0 Å². The van der Waals surface area contributed by atoms with E-state index in [1.165, 1.54) is 12.1 Å². The molecular formula is C21H19N3O3. The molecule has 0 spiro atoms. The Bertz CT molecular complexity index is 908. The Kier molecular flexibility index (Phi) is 5.79. The highest BCUT2D eigenvalue weighted by atomic mass is 16.6. The first-order chi connectivity index (χ1) is 13.1. The lowest BCUT2D eigenvalue weighted by Gasteiger charge is -2.08. The summed E-state index contributed by atoms with van der Waals surface area (Å²) in [5.74, 6) is -0.139. The van der Waals surface area contributed by atoms with Crippen LogP contribution in [0.4, 0.5) is 11.4 Å². The molecule has 0 atom stereocenters.